The Morgan fingerprint density at radius 1 is 1.16 bits per heavy atom. The van der Waals surface area contributed by atoms with Gasteiger partial charge in [0.1, 0.15) is 11.6 Å². The summed E-state index contributed by atoms with van der Waals surface area (Å²) in [7, 11) is -2.30. The van der Waals surface area contributed by atoms with E-state index in [9.17, 15) is 22.0 Å². The molecule has 3 N–H and O–H groups in total. The van der Waals surface area contributed by atoms with Gasteiger partial charge < -0.3 is 10.2 Å². The normalized spacial score (nSPS) is 12.5. The second-order valence-electron chi connectivity index (χ2n) is 5.46. The molecule has 0 radical (unpaired) electrons. The Kier molecular flexibility index (Phi) is 5.39. The Morgan fingerprint density at radius 2 is 1.76 bits per heavy atom. The number of hydrogen-bond acceptors (Lipinski definition) is 3. The monoisotopic (exact) mass is 369 g/mol. The number of halogens is 2. The third-order valence-electron chi connectivity index (χ3n) is 3.77. The molecular weight excluding hydrogens is 352 g/mol. The zero-order valence-corrected chi connectivity index (χ0v) is 14.3. The van der Waals surface area contributed by atoms with Crippen LogP contribution in [0.4, 0.5) is 19.3 Å². The summed E-state index contributed by atoms with van der Waals surface area (Å²) in [6.07, 6.45) is 0. The summed E-state index contributed by atoms with van der Waals surface area (Å²) in [6, 6.07) is 7.55. The van der Waals surface area contributed by atoms with E-state index in [2.05, 4.69) is 5.32 Å². The first-order valence-electron chi connectivity index (χ1n) is 7.21. The minimum absolute atomic E-state index is 0.0380. The van der Waals surface area contributed by atoms with E-state index in [4.69, 9.17) is 5.14 Å². The van der Waals surface area contributed by atoms with Crippen LogP contribution in [0.5, 0.6) is 0 Å². The average molecular weight is 369 g/mol. The molecule has 0 aliphatic heterocycles. The van der Waals surface area contributed by atoms with Gasteiger partial charge in [-0.15, -0.1) is 0 Å². The van der Waals surface area contributed by atoms with Crippen molar-refractivity contribution >= 4 is 21.7 Å². The molecule has 2 aromatic carbocycles. The molecule has 0 heterocycles. The van der Waals surface area contributed by atoms with E-state index in [0.29, 0.717) is 11.6 Å². The Labute approximate surface area is 144 Å². The largest absolute Gasteiger partial charge is 0.322 e. The third kappa shape index (κ3) is 4.52. The topological polar surface area (TPSA) is 92.5 Å². The van der Waals surface area contributed by atoms with Crippen LogP contribution in [-0.4, -0.2) is 26.4 Å². The number of nitrogens with zero attached hydrogens (tertiary/aromatic N) is 1. The first-order valence-corrected chi connectivity index (χ1v) is 8.76. The molecule has 0 aromatic heterocycles. The van der Waals surface area contributed by atoms with E-state index in [0.717, 1.165) is 12.1 Å². The van der Waals surface area contributed by atoms with E-state index < -0.39 is 33.7 Å². The Bertz CT molecular complexity index is 886. The number of sulfonamides is 1. The number of urea groups is 1. The number of nitrogens with one attached hydrogen (secondary N) is 1. The lowest BCUT2D eigenvalue weighted by Crippen LogP contribution is -2.33. The molecule has 0 spiro atoms. The highest BCUT2D eigenvalue weighted by atomic mass is 32.2. The second kappa shape index (κ2) is 7.16. The molecule has 0 fully saturated rings. The fraction of sp³-hybridized carbons (Fsp3) is 0.188. The summed E-state index contributed by atoms with van der Waals surface area (Å²) in [5.74, 6) is -1.63. The van der Waals surface area contributed by atoms with Crippen LogP contribution < -0.4 is 10.5 Å². The van der Waals surface area contributed by atoms with Gasteiger partial charge in [0.15, 0.2) is 0 Å². The standard InChI is InChI=1S/C16H17F2N3O3S/c1-10(11-3-6-13(7-4-11)25(19,23)24)21(2)16(22)20-15-8-5-12(17)9-14(15)18/h3-10H,1-2H3,(H,20,22)(H2,19,23,24). The van der Waals surface area contributed by atoms with Crippen molar-refractivity contribution in [2.24, 2.45) is 5.14 Å². The summed E-state index contributed by atoms with van der Waals surface area (Å²) >= 11 is 0. The van der Waals surface area contributed by atoms with Gasteiger partial charge >= 0.3 is 6.03 Å². The molecule has 0 aliphatic rings. The average Bonchev–Trinajstić information content (AvgIpc) is 2.55. The van der Waals surface area contributed by atoms with E-state index in [1.54, 1.807) is 6.92 Å². The van der Waals surface area contributed by atoms with Crippen LogP contribution in [0, 0.1) is 11.6 Å². The molecule has 2 amide bonds. The zero-order valence-electron chi connectivity index (χ0n) is 13.5. The summed E-state index contributed by atoms with van der Waals surface area (Å²) in [4.78, 5) is 13.5. The van der Waals surface area contributed by atoms with Gasteiger partial charge in [0.2, 0.25) is 10.0 Å². The lowest BCUT2D eigenvalue weighted by atomic mass is 10.1. The Hall–Kier alpha value is -2.52. The molecular formula is C16H17F2N3O3S. The molecule has 0 saturated carbocycles. The molecule has 25 heavy (non-hydrogen) atoms. The fourth-order valence-corrected chi connectivity index (χ4v) is 2.65. The highest BCUT2D eigenvalue weighted by molar-refractivity contribution is 7.89. The number of nitrogens with two attached hydrogens (primary N) is 1. The quantitative estimate of drug-likeness (QED) is 0.868. The van der Waals surface area contributed by atoms with Crippen molar-refractivity contribution in [2.75, 3.05) is 12.4 Å². The molecule has 2 aromatic rings. The first-order chi connectivity index (χ1) is 11.6. The van der Waals surface area contributed by atoms with Crippen LogP contribution in [-0.2, 0) is 10.0 Å². The number of carbonyl (C=O) groups excluding carboxylic acids is 1. The number of rotatable bonds is 4. The predicted molar refractivity (Wildman–Crippen MR) is 89.4 cm³/mol. The van der Waals surface area contributed by atoms with Crippen LogP contribution in [0.3, 0.4) is 0 Å². The van der Waals surface area contributed by atoms with Gasteiger partial charge in [-0.2, -0.15) is 0 Å². The van der Waals surface area contributed by atoms with Crippen molar-refractivity contribution in [3.8, 4) is 0 Å². The summed E-state index contributed by atoms with van der Waals surface area (Å²) in [5.41, 5.74) is 0.514. The van der Waals surface area contributed by atoms with E-state index in [1.165, 1.54) is 36.2 Å². The van der Waals surface area contributed by atoms with Crippen molar-refractivity contribution in [1.29, 1.82) is 0 Å². The first kappa shape index (κ1) is 18.8. The van der Waals surface area contributed by atoms with Crippen LogP contribution in [0.15, 0.2) is 47.4 Å². The summed E-state index contributed by atoms with van der Waals surface area (Å²) < 4.78 is 49.0. The lowest BCUT2D eigenvalue weighted by molar-refractivity contribution is 0.208. The molecule has 0 saturated heterocycles. The highest BCUT2D eigenvalue weighted by Crippen LogP contribution is 2.22. The summed E-state index contributed by atoms with van der Waals surface area (Å²) in [6.45, 7) is 1.71. The van der Waals surface area contributed by atoms with Crippen molar-refractivity contribution in [3.63, 3.8) is 0 Å². The fourth-order valence-electron chi connectivity index (χ4n) is 2.13. The van der Waals surface area contributed by atoms with Crippen LogP contribution in [0.25, 0.3) is 0 Å². The smallest absolute Gasteiger partial charge is 0.321 e. The van der Waals surface area contributed by atoms with Crippen LogP contribution in [0.2, 0.25) is 0 Å². The molecule has 9 heteroatoms. The molecule has 1 unspecified atom stereocenters. The van der Waals surface area contributed by atoms with Gasteiger partial charge in [-0.25, -0.2) is 27.1 Å². The third-order valence-corrected chi connectivity index (χ3v) is 4.69. The van der Waals surface area contributed by atoms with Crippen molar-refractivity contribution in [2.45, 2.75) is 17.9 Å². The lowest BCUT2D eigenvalue weighted by Gasteiger charge is -2.25. The zero-order chi connectivity index (χ0) is 18.8. The van der Waals surface area contributed by atoms with Gasteiger partial charge in [-0.05, 0) is 36.8 Å². The van der Waals surface area contributed by atoms with E-state index >= 15 is 0 Å². The number of primary sulfonamides is 1. The molecule has 0 aliphatic carbocycles. The van der Waals surface area contributed by atoms with Gasteiger partial charge in [0.05, 0.1) is 16.6 Å². The number of anilines is 1. The van der Waals surface area contributed by atoms with Gasteiger partial charge in [0.25, 0.3) is 0 Å². The molecule has 2 rings (SSSR count). The number of hydrogen-bond donors (Lipinski definition) is 2. The molecule has 1 atom stereocenters. The minimum Gasteiger partial charge on any atom is -0.321 e. The van der Waals surface area contributed by atoms with Gasteiger partial charge in [-0.1, -0.05) is 12.1 Å². The van der Waals surface area contributed by atoms with Crippen molar-refractivity contribution in [1.82, 2.24) is 4.90 Å². The van der Waals surface area contributed by atoms with E-state index in [1.807, 2.05) is 0 Å². The van der Waals surface area contributed by atoms with Crippen molar-refractivity contribution < 1.29 is 22.0 Å². The predicted octanol–water partition coefficient (Wildman–Crippen LogP) is 2.84. The van der Waals surface area contributed by atoms with Crippen molar-refractivity contribution in [3.05, 3.63) is 59.7 Å². The van der Waals surface area contributed by atoms with E-state index in [-0.39, 0.29) is 10.6 Å². The molecule has 6 nitrogen and oxygen atoms in total. The number of amides is 2. The Morgan fingerprint density at radius 3 is 2.28 bits per heavy atom. The van der Waals surface area contributed by atoms with Gasteiger partial charge in [-0.3, -0.25) is 0 Å². The second-order valence-corrected chi connectivity index (χ2v) is 7.02. The SMILES string of the molecule is CC(c1ccc(S(N)(=O)=O)cc1)N(C)C(=O)Nc1ccc(F)cc1F. The molecule has 134 valence electrons. The van der Waals surface area contributed by atoms with Gasteiger partial charge in [0, 0.05) is 13.1 Å². The maximum absolute atomic E-state index is 13.6. The maximum atomic E-state index is 13.6. The minimum atomic E-state index is -3.80. The highest BCUT2D eigenvalue weighted by Gasteiger charge is 2.19. The number of carbonyl (C=O) groups is 1. The molecule has 0 bridgehead atoms. The number of benzene rings is 2. The summed E-state index contributed by atoms with van der Waals surface area (Å²) in [5, 5.41) is 7.39. The maximum Gasteiger partial charge on any atom is 0.322 e. The Balaban J connectivity index is 2.13. The van der Waals surface area contributed by atoms with Crippen LogP contribution >= 0.6 is 0 Å². The van der Waals surface area contributed by atoms with Crippen LogP contribution in [0.1, 0.15) is 18.5 Å².